The Kier molecular flexibility index (Phi) is 5.83. The molecule has 0 aromatic rings. The third-order valence-electron chi connectivity index (χ3n) is 1.66. The van der Waals surface area contributed by atoms with Gasteiger partial charge in [-0.2, -0.15) is 0 Å². The molecule has 0 aliphatic heterocycles. The Morgan fingerprint density at radius 1 is 1.36 bits per heavy atom. The van der Waals surface area contributed by atoms with Crippen LogP contribution in [-0.2, 0) is 4.74 Å². The molecule has 1 heteroatoms. The minimum Gasteiger partial charge on any atom is -0.371 e. The van der Waals surface area contributed by atoms with Gasteiger partial charge >= 0.3 is 0 Å². The van der Waals surface area contributed by atoms with Crippen LogP contribution < -0.4 is 0 Å². The molecule has 0 atom stereocenters. The van der Waals surface area contributed by atoms with E-state index in [1.54, 1.807) is 0 Å². The van der Waals surface area contributed by atoms with Crippen molar-refractivity contribution in [2.75, 3.05) is 6.61 Å². The van der Waals surface area contributed by atoms with Crippen molar-refractivity contribution in [1.82, 2.24) is 0 Å². The lowest BCUT2D eigenvalue weighted by Crippen LogP contribution is -2.19. The van der Waals surface area contributed by atoms with Gasteiger partial charge in [0.2, 0.25) is 0 Å². The Bertz CT molecular complexity index is 212. The fourth-order valence-electron chi connectivity index (χ4n) is 0.835. The second kappa shape index (κ2) is 6.06. The van der Waals surface area contributed by atoms with Gasteiger partial charge in [0.05, 0.1) is 12.2 Å². The van der Waals surface area contributed by atoms with Crippen molar-refractivity contribution in [2.45, 2.75) is 53.6 Å². The molecule has 0 saturated heterocycles. The molecule has 0 bridgehead atoms. The van der Waals surface area contributed by atoms with Crippen LogP contribution in [0.25, 0.3) is 0 Å². The molecular formula is C13H24O. The summed E-state index contributed by atoms with van der Waals surface area (Å²) >= 11 is 0. The van der Waals surface area contributed by atoms with Crippen LogP contribution in [-0.4, -0.2) is 12.2 Å². The average Bonchev–Trinajstić information content (AvgIpc) is 1.99. The van der Waals surface area contributed by atoms with Gasteiger partial charge in [0.15, 0.2) is 0 Å². The zero-order chi connectivity index (χ0) is 11.2. The highest BCUT2D eigenvalue weighted by Gasteiger charge is 2.09. The molecule has 0 N–H and O–H groups in total. The maximum Gasteiger partial charge on any atom is 0.0755 e. The minimum absolute atomic E-state index is 0.0546. The van der Waals surface area contributed by atoms with Crippen molar-refractivity contribution in [2.24, 2.45) is 5.92 Å². The maximum atomic E-state index is 5.63. The minimum atomic E-state index is -0.0546. The molecule has 0 aromatic heterocycles. The second-order valence-electron chi connectivity index (χ2n) is 5.16. The first-order valence-electron chi connectivity index (χ1n) is 5.36. The first kappa shape index (κ1) is 13.5. The summed E-state index contributed by atoms with van der Waals surface area (Å²) < 4.78 is 5.63. The fourth-order valence-corrected chi connectivity index (χ4v) is 0.835. The number of rotatable bonds is 4. The molecule has 0 spiro atoms. The zero-order valence-corrected chi connectivity index (χ0v) is 10.5. The molecule has 0 aliphatic rings. The second-order valence-corrected chi connectivity index (χ2v) is 5.16. The molecule has 0 unspecified atom stereocenters. The van der Waals surface area contributed by atoms with Crippen molar-refractivity contribution in [1.29, 1.82) is 0 Å². The van der Waals surface area contributed by atoms with Crippen LogP contribution in [0.4, 0.5) is 0 Å². The van der Waals surface area contributed by atoms with Crippen molar-refractivity contribution in [3.63, 3.8) is 0 Å². The Labute approximate surface area is 88.9 Å². The molecule has 1 nitrogen and oxygen atoms in total. The molecule has 0 heterocycles. The summed E-state index contributed by atoms with van der Waals surface area (Å²) in [5.41, 5.74) is 4.37. The van der Waals surface area contributed by atoms with E-state index in [0.717, 1.165) is 6.42 Å². The van der Waals surface area contributed by atoms with Gasteiger partial charge in [-0.3, -0.25) is 0 Å². The molecule has 0 fully saturated rings. The summed E-state index contributed by atoms with van der Waals surface area (Å²) in [7, 11) is 0. The largest absolute Gasteiger partial charge is 0.371 e. The first-order valence-corrected chi connectivity index (χ1v) is 5.36. The normalized spacial score (nSPS) is 11.4. The first-order chi connectivity index (χ1) is 6.31. The molecule has 0 aliphatic carbocycles. The Morgan fingerprint density at radius 2 is 1.93 bits per heavy atom. The molecule has 0 rings (SSSR count). The highest BCUT2D eigenvalue weighted by molar-refractivity contribution is 4.99. The van der Waals surface area contributed by atoms with Gasteiger partial charge in [-0.15, -0.1) is 5.73 Å². The third kappa shape index (κ3) is 9.57. The molecular weight excluding hydrogens is 172 g/mol. The van der Waals surface area contributed by atoms with Gasteiger partial charge in [-0.25, -0.2) is 0 Å². The summed E-state index contributed by atoms with van der Waals surface area (Å²) in [5, 5.41) is 0. The van der Waals surface area contributed by atoms with E-state index in [2.05, 4.69) is 53.3 Å². The van der Waals surface area contributed by atoms with Crippen molar-refractivity contribution >= 4 is 0 Å². The van der Waals surface area contributed by atoms with Gasteiger partial charge in [0, 0.05) is 0 Å². The lowest BCUT2D eigenvalue weighted by Gasteiger charge is -2.19. The summed E-state index contributed by atoms with van der Waals surface area (Å²) in [6.07, 6.45) is 3.19. The average molecular weight is 196 g/mol. The van der Waals surface area contributed by atoms with Crippen molar-refractivity contribution in [3.05, 3.63) is 17.4 Å². The summed E-state index contributed by atoms with van der Waals surface area (Å²) in [6, 6.07) is 0. The maximum absolute atomic E-state index is 5.63. The van der Waals surface area contributed by atoms with E-state index in [0.29, 0.717) is 12.5 Å². The van der Waals surface area contributed by atoms with Gasteiger partial charge in [-0.05, 0) is 51.7 Å². The standard InChI is InChI=1S/C13H24O/c1-11(2)8-7-9-12(3)10-14-13(4,5)6/h7,11H,8,10H2,1-6H3. The predicted molar refractivity (Wildman–Crippen MR) is 62.4 cm³/mol. The van der Waals surface area contributed by atoms with Crippen LogP contribution in [0.3, 0.4) is 0 Å². The SMILES string of the molecule is CC(=C=CCC(C)C)COC(C)(C)C. The Balaban J connectivity index is 3.95. The Morgan fingerprint density at radius 3 is 2.36 bits per heavy atom. The van der Waals surface area contributed by atoms with E-state index in [1.807, 2.05) is 0 Å². The van der Waals surface area contributed by atoms with E-state index in [1.165, 1.54) is 5.57 Å². The monoisotopic (exact) mass is 196 g/mol. The van der Waals surface area contributed by atoms with Crippen LogP contribution in [0.2, 0.25) is 0 Å². The molecule has 0 aromatic carbocycles. The molecule has 14 heavy (non-hydrogen) atoms. The molecule has 0 radical (unpaired) electrons. The quantitative estimate of drug-likeness (QED) is 0.619. The molecule has 0 amide bonds. The van der Waals surface area contributed by atoms with Gasteiger partial charge < -0.3 is 4.74 Å². The summed E-state index contributed by atoms with van der Waals surface area (Å²) in [4.78, 5) is 0. The summed E-state index contributed by atoms with van der Waals surface area (Å²) in [6.45, 7) is 13.4. The highest BCUT2D eigenvalue weighted by atomic mass is 16.5. The van der Waals surface area contributed by atoms with Crippen LogP contribution in [0, 0.1) is 5.92 Å². The number of hydrogen-bond donors (Lipinski definition) is 0. The smallest absolute Gasteiger partial charge is 0.0755 e. The molecule has 0 saturated carbocycles. The van der Waals surface area contributed by atoms with E-state index < -0.39 is 0 Å². The zero-order valence-electron chi connectivity index (χ0n) is 10.5. The number of ether oxygens (including phenoxy) is 1. The highest BCUT2D eigenvalue weighted by Crippen LogP contribution is 2.08. The van der Waals surface area contributed by atoms with Crippen molar-refractivity contribution < 1.29 is 4.74 Å². The fraction of sp³-hybridized carbons (Fsp3) is 0.769. The topological polar surface area (TPSA) is 9.23 Å². The number of hydrogen-bond acceptors (Lipinski definition) is 1. The van der Waals surface area contributed by atoms with Gasteiger partial charge in [0.1, 0.15) is 0 Å². The lowest BCUT2D eigenvalue weighted by molar-refractivity contribution is 0.0112. The van der Waals surface area contributed by atoms with E-state index in [-0.39, 0.29) is 5.60 Å². The lowest BCUT2D eigenvalue weighted by atomic mass is 10.1. The van der Waals surface area contributed by atoms with Gasteiger partial charge in [0.25, 0.3) is 0 Å². The van der Waals surface area contributed by atoms with Crippen LogP contribution in [0.1, 0.15) is 48.0 Å². The van der Waals surface area contributed by atoms with Crippen LogP contribution in [0.5, 0.6) is 0 Å². The van der Waals surface area contributed by atoms with Crippen molar-refractivity contribution in [3.8, 4) is 0 Å². The summed E-state index contributed by atoms with van der Waals surface area (Å²) in [5.74, 6) is 0.707. The third-order valence-corrected chi connectivity index (χ3v) is 1.66. The van der Waals surface area contributed by atoms with Gasteiger partial charge in [-0.1, -0.05) is 13.8 Å². The van der Waals surface area contributed by atoms with E-state index in [4.69, 9.17) is 4.74 Å². The van der Waals surface area contributed by atoms with Crippen LogP contribution in [0.15, 0.2) is 17.4 Å². The van der Waals surface area contributed by atoms with E-state index in [9.17, 15) is 0 Å². The predicted octanol–water partition coefficient (Wildman–Crippen LogP) is 3.95. The van der Waals surface area contributed by atoms with E-state index >= 15 is 0 Å². The van der Waals surface area contributed by atoms with Crippen LogP contribution >= 0.6 is 0 Å². The Hall–Kier alpha value is -0.520. The molecule has 82 valence electrons.